The maximum atomic E-state index is 14.4. The van der Waals surface area contributed by atoms with E-state index in [0.29, 0.717) is 21.2 Å². The number of aliphatic hydroxyl groups excluding tert-OH is 1. The molecule has 1 aliphatic heterocycles. The fraction of sp³-hybridized carbons (Fsp3) is 0.0968. The summed E-state index contributed by atoms with van der Waals surface area (Å²) in [6.07, 6.45) is 0. The van der Waals surface area contributed by atoms with Crippen molar-refractivity contribution in [3.8, 4) is 0 Å². The van der Waals surface area contributed by atoms with Crippen molar-refractivity contribution >= 4 is 62.1 Å². The third-order valence-electron chi connectivity index (χ3n) is 7.14. The minimum Gasteiger partial charge on any atom is -0.507 e. The van der Waals surface area contributed by atoms with Gasteiger partial charge < -0.3 is 5.11 Å². The number of ketones is 1. The van der Waals surface area contributed by atoms with Gasteiger partial charge >= 0.3 is 5.91 Å². The Morgan fingerprint density at radius 1 is 1.05 bits per heavy atom. The molecule has 1 fully saturated rings. The van der Waals surface area contributed by atoms with Crippen LogP contribution in [-0.2, 0) is 15.3 Å². The number of aromatic nitrogens is 2. The molecule has 0 bridgehead atoms. The number of carbonyl (C=O) groups is 2. The van der Waals surface area contributed by atoms with Gasteiger partial charge in [-0.15, -0.1) is 10.2 Å². The van der Waals surface area contributed by atoms with Crippen LogP contribution >= 0.6 is 23.1 Å². The Labute approximate surface area is 252 Å². The molecule has 2 heterocycles. The number of hydrogen-bond acceptors (Lipinski definition) is 9. The van der Waals surface area contributed by atoms with E-state index >= 15 is 0 Å². The number of halogens is 1. The lowest BCUT2D eigenvalue weighted by Crippen LogP contribution is -2.29. The lowest BCUT2D eigenvalue weighted by molar-refractivity contribution is -0.384. The first kappa shape index (κ1) is 28.2. The smallest absolute Gasteiger partial charge is 0.301 e. The molecule has 1 unspecified atom stereocenters. The minimum absolute atomic E-state index is 0.0107. The van der Waals surface area contributed by atoms with Gasteiger partial charge in [-0.05, 0) is 52.6 Å². The van der Waals surface area contributed by atoms with Crippen LogP contribution in [0.4, 0.5) is 15.2 Å². The molecule has 43 heavy (non-hydrogen) atoms. The zero-order valence-corrected chi connectivity index (χ0v) is 24.1. The number of nitro groups is 1. The lowest BCUT2D eigenvalue weighted by atomic mass is 9.95. The zero-order valence-electron chi connectivity index (χ0n) is 22.4. The summed E-state index contributed by atoms with van der Waals surface area (Å²) >= 11 is 2.53. The summed E-state index contributed by atoms with van der Waals surface area (Å²) < 4.78 is 14.9. The van der Waals surface area contributed by atoms with Crippen LogP contribution in [0.3, 0.4) is 0 Å². The topological polar surface area (TPSA) is 127 Å². The van der Waals surface area contributed by atoms with Crippen molar-refractivity contribution in [2.24, 2.45) is 0 Å². The van der Waals surface area contributed by atoms with Crippen LogP contribution in [0, 0.1) is 22.9 Å². The molecule has 12 heteroatoms. The number of Topliss-reactive ketones (excluding diaryl/α,β-unsaturated/α-hetero) is 1. The number of aryl methyl sites for hydroxylation is 1. The molecule has 5 aromatic rings. The number of non-ortho nitro benzene ring substituents is 1. The monoisotopic (exact) mass is 612 g/mol. The van der Waals surface area contributed by atoms with Crippen LogP contribution in [0.15, 0.2) is 94.8 Å². The molecule has 214 valence electrons. The fourth-order valence-electron chi connectivity index (χ4n) is 4.94. The van der Waals surface area contributed by atoms with Crippen molar-refractivity contribution in [2.45, 2.75) is 23.1 Å². The van der Waals surface area contributed by atoms with Crippen LogP contribution in [0.2, 0.25) is 0 Å². The van der Waals surface area contributed by atoms with Gasteiger partial charge in [0.2, 0.25) is 5.13 Å². The number of rotatable bonds is 7. The first-order valence-electron chi connectivity index (χ1n) is 13.0. The number of nitro benzene ring substituents is 1. The summed E-state index contributed by atoms with van der Waals surface area (Å²) in [6, 6.07) is 22.1. The van der Waals surface area contributed by atoms with E-state index in [1.54, 1.807) is 6.92 Å². The van der Waals surface area contributed by atoms with Crippen molar-refractivity contribution < 1.29 is 24.0 Å². The van der Waals surface area contributed by atoms with Gasteiger partial charge in [0.15, 0.2) is 4.34 Å². The lowest BCUT2D eigenvalue weighted by Gasteiger charge is -2.22. The fourth-order valence-corrected chi connectivity index (χ4v) is 6.81. The third-order valence-corrected chi connectivity index (χ3v) is 9.25. The highest BCUT2D eigenvalue weighted by Crippen LogP contribution is 2.44. The quantitative estimate of drug-likeness (QED) is 0.0397. The Morgan fingerprint density at radius 2 is 1.79 bits per heavy atom. The van der Waals surface area contributed by atoms with E-state index < -0.39 is 34.2 Å². The number of anilines is 1. The molecule has 0 saturated carbocycles. The van der Waals surface area contributed by atoms with E-state index in [4.69, 9.17) is 0 Å². The second kappa shape index (κ2) is 11.4. The van der Waals surface area contributed by atoms with Crippen LogP contribution in [0.1, 0.15) is 28.3 Å². The molecule has 1 atom stereocenters. The Balaban J connectivity index is 1.39. The highest BCUT2D eigenvalue weighted by atomic mass is 32.2. The molecule has 4 aromatic carbocycles. The minimum atomic E-state index is -1.19. The Morgan fingerprint density at radius 3 is 2.53 bits per heavy atom. The van der Waals surface area contributed by atoms with Crippen molar-refractivity contribution in [3.63, 3.8) is 0 Å². The average molecular weight is 613 g/mol. The molecule has 6 rings (SSSR count). The highest BCUT2D eigenvalue weighted by molar-refractivity contribution is 8.00. The molecular weight excluding hydrogens is 591 g/mol. The van der Waals surface area contributed by atoms with E-state index in [2.05, 4.69) is 10.2 Å². The van der Waals surface area contributed by atoms with Gasteiger partial charge in [0, 0.05) is 23.4 Å². The van der Waals surface area contributed by atoms with E-state index in [1.807, 2.05) is 42.5 Å². The van der Waals surface area contributed by atoms with Crippen LogP contribution in [0.5, 0.6) is 0 Å². The third kappa shape index (κ3) is 5.26. The number of aliphatic hydroxyl groups is 1. The molecule has 9 nitrogen and oxygen atoms in total. The largest absolute Gasteiger partial charge is 0.507 e. The number of thioether (sulfide) groups is 1. The number of hydrogen-bond donors (Lipinski definition) is 1. The van der Waals surface area contributed by atoms with E-state index in [9.17, 15) is 29.2 Å². The molecule has 1 aromatic heterocycles. The predicted octanol–water partition coefficient (Wildman–Crippen LogP) is 6.97. The van der Waals surface area contributed by atoms with Crippen LogP contribution < -0.4 is 4.90 Å². The maximum absolute atomic E-state index is 14.4. The normalized spacial score (nSPS) is 16.2. The number of fused-ring (bicyclic) bond motifs is 1. The number of amides is 1. The number of benzene rings is 4. The van der Waals surface area contributed by atoms with Crippen molar-refractivity contribution in [2.75, 3.05) is 4.90 Å². The van der Waals surface area contributed by atoms with Crippen LogP contribution in [0.25, 0.3) is 16.5 Å². The van der Waals surface area contributed by atoms with Gasteiger partial charge in [-0.3, -0.25) is 24.6 Å². The summed E-state index contributed by atoms with van der Waals surface area (Å²) in [5.41, 5.74) is 1.28. The number of nitrogens with zero attached hydrogens (tertiary/aromatic N) is 4. The highest BCUT2D eigenvalue weighted by Gasteiger charge is 2.48. The standard InChI is InChI=1S/C31H21FN4O5S2/c1-17-9-10-20(15-24(17)32)27(37)25-26(19-11-13-22(14-12-19)36(40)41)35(29(39)28(25)38)30-33-34-31(43-30)42-16-21-7-4-6-18-5-2-3-8-23(18)21/h2-15,26,37H,16H2,1H3/b27-25-. The van der Waals surface area contributed by atoms with Gasteiger partial charge in [0.1, 0.15) is 11.6 Å². The molecule has 0 spiro atoms. The molecule has 0 aliphatic carbocycles. The maximum Gasteiger partial charge on any atom is 0.301 e. The van der Waals surface area contributed by atoms with Gasteiger partial charge in [-0.25, -0.2) is 4.39 Å². The van der Waals surface area contributed by atoms with E-state index in [1.165, 1.54) is 48.2 Å². The van der Waals surface area contributed by atoms with Crippen molar-refractivity contribution in [3.05, 3.63) is 129 Å². The second-order valence-corrected chi connectivity index (χ2v) is 11.9. The molecule has 1 aliphatic rings. The molecule has 0 radical (unpaired) electrons. The van der Waals surface area contributed by atoms with Gasteiger partial charge in [-0.1, -0.05) is 77.7 Å². The van der Waals surface area contributed by atoms with Gasteiger partial charge in [0.05, 0.1) is 16.5 Å². The summed E-state index contributed by atoms with van der Waals surface area (Å²) in [6.45, 7) is 1.56. The summed E-state index contributed by atoms with van der Waals surface area (Å²) in [4.78, 5) is 38.7. The van der Waals surface area contributed by atoms with E-state index in [0.717, 1.165) is 38.6 Å². The molecule has 1 saturated heterocycles. The first-order chi connectivity index (χ1) is 20.7. The van der Waals surface area contributed by atoms with E-state index in [-0.39, 0.29) is 22.0 Å². The summed E-state index contributed by atoms with van der Waals surface area (Å²) in [7, 11) is 0. The molecule has 1 N–H and O–H groups in total. The Kier molecular flexibility index (Phi) is 7.46. The second-order valence-electron chi connectivity index (χ2n) is 9.76. The number of carbonyl (C=O) groups excluding carboxylic acids is 2. The van der Waals surface area contributed by atoms with Gasteiger partial charge in [0.25, 0.3) is 11.5 Å². The summed E-state index contributed by atoms with van der Waals surface area (Å²) in [5, 5.41) is 33.3. The SMILES string of the molecule is Cc1ccc(/C(O)=C2/C(=O)C(=O)N(c3nnc(SCc4cccc5ccccc45)s3)C2c2ccc([N+](=O)[O-])cc2)cc1F. The van der Waals surface area contributed by atoms with Crippen molar-refractivity contribution in [1.29, 1.82) is 0 Å². The molecular formula is C31H21FN4O5S2. The Bertz CT molecular complexity index is 1950. The summed E-state index contributed by atoms with van der Waals surface area (Å²) in [5.74, 6) is -2.54. The Hall–Kier alpha value is -4.94. The predicted molar refractivity (Wildman–Crippen MR) is 162 cm³/mol. The molecule has 1 amide bonds. The first-order valence-corrected chi connectivity index (χ1v) is 14.8. The van der Waals surface area contributed by atoms with Crippen molar-refractivity contribution in [1.82, 2.24) is 10.2 Å². The zero-order chi connectivity index (χ0) is 30.2. The van der Waals surface area contributed by atoms with Gasteiger partial charge in [-0.2, -0.15) is 0 Å². The van der Waals surface area contributed by atoms with Crippen LogP contribution in [-0.4, -0.2) is 31.9 Å². The average Bonchev–Trinajstić information content (AvgIpc) is 3.58.